The fourth-order valence-electron chi connectivity index (χ4n) is 3.75. The van der Waals surface area contributed by atoms with E-state index in [0.29, 0.717) is 36.1 Å². The van der Waals surface area contributed by atoms with E-state index < -0.39 is 0 Å². The molecule has 4 aromatic rings. The molecule has 0 radical (unpaired) electrons. The highest BCUT2D eigenvalue weighted by molar-refractivity contribution is 5.97. The normalized spacial score (nSPS) is 16.4. The first-order valence-electron chi connectivity index (χ1n) is 9.59. The van der Waals surface area contributed by atoms with Crippen LogP contribution in [-0.2, 0) is 0 Å². The lowest BCUT2D eigenvalue weighted by Gasteiger charge is -2.16. The molecule has 1 saturated heterocycles. The van der Waals surface area contributed by atoms with Crippen LogP contribution in [0, 0.1) is 0 Å². The molecule has 0 unspecified atom stereocenters. The summed E-state index contributed by atoms with van der Waals surface area (Å²) in [5, 5.41) is 1.92. The Morgan fingerprint density at radius 2 is 1.97 bits per heavy atom. The van der Waals surface area contributed by atoms with Crippen LogP contribution in [0.4, 0.5) is 0 Å². The highest BCUT2D eigenvalue weighted by Gasteiger charge is 2.30. The van der Waals surface area contributed by atoms with Crippen LogP contribution in [0.15, 0.2) is 65.1 Å². The number of amides is 1. The minimum absolute atomic E-state index is 0.0912. The lowest BCUT2D eigenvalue weighted by atomic mass is 10.2. The number of likely N-dealkylation sites (tertiary alicyclic amines) is 1. The standard InChI is InChI=1S/C23H20N2O4/c1-27-19-8-4-6-16-13-20(29-22(16)19)23(26)25-12-11-17(14-25)28-21-10-9-15-5-2-3-7-18(15)24-21/h2-10,13,17H,11-12,14H2,1H3/t17-/m1/s1. The molecular formula is C23H20N2O4. The topological polar surface area (TPSA) is 64.8 Å². The zero-order chi connectivity index (χ0) is 19.8. The Morgan fingerprint density at radius 3 is 2.86 bits per heavy atom. The Bertz CT molecular complexity index is 1200. The van der Waals surface area contributed by atoms with E-state index in [4.69, 9.17) is 13.9 Å². The molecular weight excluding hydrogens is 368 g/mol. The second-order valence-corrected chi connectivity index (χ2v) is 7.11. The Morgan fingerprint density at radius 1 is 1.10 bits per heavy atom. The maximum absolute atomic E-state index is 12.9. The van der Waals surface area contributed by atoms with Crippen molar-refractivity contribution < 1.29 is 18.7 Å². The molecule has 2 aromatic heterocycles. The fourth-order valence-corrected chi connectivity index (χ4v) is 3.75. The number of furan rings is 1. The molecule has 1 atom stereocenters. The molecule has 1 amide bonds. The highest BCUT2D eigenvalue weighted by Crippen LogP contribution is 2.30. The number of benzene rings is 2. The maximum atomic E-state index is 12.9. The van der Waals surface area contributed by atoms with E-state index in [2.05, 4.69) is 4.98 Å². The van der Waals surface area contributed by atoms with Gasteiger partial charge in [0.2, 0.25) is 5.88 Å². The van der Waals surface area contributed by atoms with E-state index >= 15 is 0 Å². The molecule has 6 nitrogen and oxygen atoms in total. The van der Waals surface area contributed by atoms with Crippen molar-refractivity contribution in [2.75, 3.05) is 20.2 Å². The monoisotopic (exact) mass is 388 g/mol. The van der Waals surface area contributed by atoms with Crippen LogP contribution in [0.25, 0.3) is 21.9 Å². The summed E-state index contributed by atoms with van der Waals surface area (Å²) in [6.07, 6.45) is 0.663. The smallest absolute Gasteiger partial charge is 0.289 e. The van der Waals surface area contributed by atoms with Crippen LogP contribution >= 0.6 is 0 Å². The van der Waals surface area contributed by atoms with Gasteiger partial charge in [0.25, 0.3) is 5.91 Å². The van der Waals surface area contributed by atoms with Gasteiger partial charge in [-0.1, -0.05) is 30.3 Å². The molecule has 3 heterocycles. The summed E-state index contributed by atoms with van der Waals surface area (Å²) < 4.78 is 17.2. The van der Waals surface area contributed by atoms with E-state index in [-0.39, 0.29) is 12.0 Å². The van der Waals surface area contributed by atoms with Crippen LogP contribution in [0.5, 0.6) is 11.6 Å². The zero-order valence-electron chi connectivity index (χ0n) is 16.0. The van der Waals surface area contributed by atoms with E-state index in [9.17, 15) is 4.79 Å². The van der Waals surface area contributed by atoms with E-state index in [0.717, 1.165) is 22.7 Å². The van der Waals surface area contributed by atoms with Gasteiger partial charge in [-0.15, -0.1) is 0 Å². The van der Waals surface area contributed by atoms with Gasteiger partial charge < -0.3 is 18.8 Å². The molecule has 6 heteroatoms. The van der Waals surface area contributed by atoms with Crippen LogP contribution in [0.3, 0.4) is 0 Å². The third kappa shape index (κ3) is 3.27. The average molecular weight is 388 g/mol. The number of carbonyl (C=O) groups excluding carboxylic acids is 1. The molecule has 29 heavy (non-hydrogen) atoms. The summed E-state index contributed by atoms with van der Waals surface area (Å²) >= 11 is 0. The van der Waals surface area contributed by atoms with E-state index in [1.165, 1.54) is 0 Å². The summed E-state index contributed by atoms with van der Waals surface area (Å²) in [5.74, 6) is 1.37. The number of hydrogen-bond donors (Lipinski definition) is 0. The number of aromatic nitrogens is 1. The molecule has 0 aliphatic carbocycles. The highest BCUT2D eigenvalue weighted by atomic mass is 16.5. The van der Waals surface area contributed by atoms with Gasteiger partial charge in [-0.3, -0.25) is 4.79 Å². The lowest BCUT2D eigenvalue weighted by Crippen LogP contribution is -2.30. The van der Waals surface area contributed by atoms with Gasteiger partial charge >= 0.3 is 0 Å². The van der Waals surface area contributed by atoms with Crippen LogP contribution in [0.1, 0.15) is 17.0 Å². The number of nitrogens with zero attached hydrogens (tertiary/aromatic N) is 2. The fraction of sp³-hybridized carbons (Fsp3) is 0.217. The summed E-state index contributed by atoms with van der Waals surface area (Å²) in [6.45, 7) is 1.12. The van der Waals surface area contributed by atoms with Gasteiger partial charge in [-0.25, -0.2) is 4.98 Å². The Labute approximate surface area is 167 Å². The molecule has 146 valence electrons. The van der Waals surface area contributed by atoms with Gasteiger partial charge in [0.15, 0.2) is 17.1 Å². The van der Waals surface area contributed by atoms with Crippen LogP contribution in [0.2, 0.25) is 0 Å². The van der Waals surface area contributed by atoms with E-state index in [1.54, 1.807) is 18.1 Å². The Kier molecular flexibility index (Phi) is 4.31. The third-order valence-electron chi connectivity index (χ3n) is 5.23. The largest absolute Gasteiger partial charge is 0.493 e. The summed E-state index contributed by atoms with van der Waals surface area (Å²) in [6, 6.07) is 19.1. The van der Waals surface area contributed by atoms with Crippen molar-refractivity contribution in [2.45, 2.75) is 12.5 Å². The van der Waals surface area contributed by atoms with Gasteiger partial charge in [0.05, 0.1) is 19.2 Å². The summed E-state index contributed by atoms with van der Waals surface area (Å²) in [5.41, 5.74) is 1.48. The molecule has 0 spiro atoms. The molecule has 2 aromatic carbocycles. The predicted molar refractivity (Wildman–Crippen MR) is 109 cm³/mol. The van der Waals surface area contributed by atoms with Crippen LogP contribution < -0.4 is 9.47 Å². The molecule has 0 N–H and O–H groups in total. The van der Waals surface area contributed by atoms with Crippen LogP contribution in [-0.4, -0.2) is 42.1 Å². The first-order chi connectivity index (χ1) is 14.2. The molecule has 5 rings (SSSR count). The SMILES string of the molecule is COc1cccc2cc(C(=O)N3CC[C@@H](Oc4ccc5ccccc5n4)C3)oc12. The van der Waals surface area contributed by atoms with Gasteiger partial charge in [0, 0.05) is 29.8 Å². The molecule has 0 bridgehead atoms. The Balaban J connectivity index is 1.30. The third-order valence-corrected chi connectivity index (χ3v) is 5.23. The van der Waals surface area contributed by atoms with Crippen molar-refractivity contribution in [3.05, 3.63) is 66.4 Å². The first kappa shape index (κ1) is 17.6. The maximum Gasteiger partial charge on any atom is 0.289 e. The van der Waals surface area contributed by atoms with Crippen molar-refractivity contribution in [1.29, 1.82) is 0 Å². The number of hydrogen-bond acceptors (Lipinski definition) is 5. The minimum atomic E-state index is -0.138. The second-order valence-electron chi connectivity index (χ2n) is 7.11. The van der Waals surface area contributed by atoms with Gasteiger partial charge in [-0.2, -0.15) is 0 Å². The van der Waals surface area contributed by atoms with Crippen molar-refractivity contribution in [2.24, 2.45) is 0 Å². The van der Waals surface area contributed by atoms with Crippen molar-refractivity contribution in [3.63, 3.8) is 0 Å². The number of methoxy groups -OCH3 is 1. The molecule has 0 saturated carbocycles. The first-order valence-corrected chi connectivity index (χ1v) is 9.59. The molecule has 1 aliphatic rings. The quantitative estimate of drug-likeness (QED) is 0.522. The van der Waals surface area contributed by atoms with Crippen molar-refractivity contribution in [3.8, 4) is 11.6 Å². The Hall–Kier alpha value is -3.54. The predicted octanol–water partition coefficient (Wildman–Crippen LogP) is 4.28. The summed E-state index contributed by atoms with van der Waals surface area (Å²) in [7, 11) is 1.59. The van der Waals surface area contributed by atoms with Gasteiger partial charge in [-0.05, 0) is 24.3 Å². The minimum Gasteiger partial charge on any atom is -0.493 e. The lowest BCUT2D eigenvalue weighted by molar-refractivity contribution is 0.0742. The number of rotatable bonds is 4. The van der Waals surface area contributed by atoms with Crippen molar-refractivity contribution in [1.82, 2.24) is 9.88 Å². The zero-order valence-corrected chi connectivity index (χ0v) is 16.0. The van der Waals surface area contributed by atoms with Gasteiger partial charge in [0.1, 0.15) is 6.10 Å². The van der Waals surface area contributed by atoms with E-state index in [1.807, 2.05) is 54.6 Å². The number of fused-ring (bicyclic) bond motifs is 2. The average Bonchev–Trinajstić information content (AvgIpc) is 3.40. The molecule has 1 aliphatic heterocycles. The number of ether oxygens (including phenoxy) is 2. The number of carbonyl (C=O) groups is 1. The molecule has 1 fully saturated rings. The number of para-hydroxylation sites is 2. The second kappa shape index (κ2) is 7.13. The number of pyridine rings is 1. The van der Waals surface area contributed by atoms with Crippen molar-refractivity contribution >= 4 is 27.8 Å². The summed E-state index contributed by atoms with van der Waals surface area (Å²) in [4.78, 5) is 19.2.